The van der Waals surface area contributed by atoms with Crippen LogP contribution in [0.3, 0.4) is 0 Å². The van der Waals surface area contributed by atoms with Crippen molar-refractivity contribution in [2.75, 3.05) is 13.2 Å². The van der Waals surface area contributed by atoms with E-state index in [9.17, 15) is 4.79 Å². The second-order valence-electron chi connectivity index (χ2n) is 4.61. The summed E-state index contributed by atoms with van der Waals surface area (Å²) in [6.45, 7) is 4.48. The van der Waals surface area contributed by atoms with Gasteiger partial charge in [0.2, 0.25) is 0 Å². The van der Waals surface area contributed by atoms with Crippen molar-refractivity contribution in [1.82, 2.24) is 0 Å². The molecule has 0 radical (unpaired) electrons. The summed E-state index contributed by atoms with van der Waals surface area (Å²) in [7, 11) is 0. The first-order valence-electron chi connectivity index (χ1n) is 7.58. The molecule has 0 spiro atoms. The highest BCUT2D eigenvalue weighted by molar-refractivity contribution is 5.86. The molecule has 0 atom stereocenters. The largest absolute Gasteiger partial charge is 0.466 e. The number of rotatable bonds is 7. The maximum absolute atomic E-state index is 12.1. The molecular formula is C19H20O4. The van der Waals surface area contributed by atoms with Crippen LogP contribution in [-0.4, -0.2) is 19.2 Å². The lowest BCUT2D eigenvalue weighted by molar-refractivity contribution is -0.129. The molecule has 0 N–H and O–H groups in total. The normalized spacial score (nSPS) is 9.83. The van der Waals surface area contributed by atoms with E-state index < -0.39 is 5.97 Å². The van der Waals surface area contributed by atoms with Gasteiger partial charge in [-0.25, -0.2) is 4.79 Å². The molecule has 2 aromatic rings. The van der Waals surface area contributed by atoms with Gasteiger partial charge in [0, 0.05) is 5.56 Å². The Kier molecular flexibility index (Phi) is 6.24. The average molecular weight is 312 g/mol. The van der Waals surface area contributed by atoms with Crippen LogP contribution >= 0.6 is 0 Å². The summed E-state index contributed by atoms with van der Waals surface area (Å²) in [6.07, 6.45) is 1.22. The van der Waals surface area contributed by atoms with Crippen LogP contribution in [0.2, 0.25) is 0 Å². The third-order valence-corrected chi connectivity index (χ3v) is 2.99. The van der Waals surface area contributed by atoms with Crippen LogP contribution in [0.15, 0.2) is 66.6 Å². The Labute approximate surface area is 136 Å². The molecular weight excluding hydrogens is 292 g/mol. The van der Waals surface area contributed by atoms with Crippen molar-refractivity contribution in [3.63, 3.8) is 0 Å². The number of ether oxygens (including phenoxy) is 3. The third kappa shape index (κ3) is 4.88. The first-order valence-corrected chi connectivity index (χ1v) is 7.58. The number of benzene rings is 2. The molecule has 0 aromatic heterocycles. The van der Waals surface area contributed by atoms with Gasteiger partial charge in [-0.1, -0.05) is 48.5 Å². The lowest BCUT2D eigenvalue weighted by atomic mass is 10.1. The molecule has 120 valence electrons. The molecule has 2 aromatic carbocycles. The van der Waals surface area contributed by atoms with Crippen molar-refractivity contribution in [2.45, 2.75) is 13.8 Å². The van der Waals surface area contributed by atoms with Gasteiger partial charge in [-0.05, 0) is 25.5 Å². The summed E-state index contributed by atoms with van der Waals surface area (Å²) in [6, 6.07) is 17.2. The number of carbonyl (C=O) groups excluding carboxylic acids is 1. The molecule has 2 rings (SSSR count). The van der Waals surface area contributed by atoms with E-state index in [1.807, 2.05) is 62.4 Å². The summed E-state index contributed by atoms with van der Waals surface area (Å²) in [5.74, 6) is 0.120. The highest BCUT2D eigenvalue weighted by atomic mass is 16.7. The van der Waals surface area contributed by atoms with E-state index in [-0.39, 0.29) is 5.95 Å². The average Bonchev–Trinajstić information content (AvgIpc) is 2.56. The maximum Gasteiger partial charge on any atom is 0.343 e. The van der Waals surface area contributed by atoms with Gasteiger partial charge in [-0.2, -0.15) is 0 Å². The molecule has 4 nitrogen and oxygen atoms in total. The summed E-state index contributed by atoms with van der Waals surface area (Å²) in [5, 5.41) is 0. The fraction of sp³-hybridized carbons (Fsp3) is 0.211. The number of hydrogen-bond donors (Lipinski definition) is 0. The van der Waals surface area contributed by atoms with E-state index in [1.165, 1.54) is 6.08 Å². The lowest BCUT2D eigenvalue weighted by Gasteiger charge is -2.10. The molecule has 0 unspecified atom stereocenters. The highest BCUT2D eigenvalue weighted by Gasteiger charge is 2.11. The van der Waals surface area contributed by atoms with Gasteiger partial charge < -0.3 is 14.2 Å². The summed E-state index contributed by atoms with van der Waals surface area (Å²) in [4.78, 5) is 12.1. The molecule has 4 heteroatoms. The zero-order valence-corrected chi connectivity index (χ0v) is 13.3. The first kappa shape index (κ1) is 16.6. The lowest BCUT2D eigenvalue weighted by Crippen LogP contribution is -2.09. The van der Waals surface area contributed by atoms with Gasteiger partial charge in [-0.15, -0.1) is 0 Å². The quantitative estimate of drug-likeness (QED) is 0.333. The second kappa shape index (κ2) is 8.63. The minimum Gasteiger partial charge on any atom is -0.466 e. The van der Waals surface area contributed by atoms with E-state index in [0.29, 0.717) is 19.0 Å². The molecule has 0 aliphatic heterocycles. The minimum atomic E-state index is -0.537. The Bertz CT molecular complexity index is 654. The number of carbonyl (C=O) groups is 1. The highest BCUT2D eigenvalue weighted by Crippen LogP contribution is 2.29. The predicted octanol–water partition coefficient (Wildman–Crippen LogP) is 4.17. The third-order valence-electron chi connectivity index (χ3n) is 2.99. The predicted molar refractivity (Wildman–Crippen MR) is 88.8 cm³/mol. The molecule has 0 aliphatic carbocycles. The van der Waals surface area contributed by atoms with Gasteiger partial charge in [0.25, 0.3) is 5.95 Å². The summed E-state index contributed by atoms with van der Waals surface area (Å²) >= 11 is 0. The van der Waals surface area contributed by atoms with Crippen LogP contribution in [-0.2, 0) is 14.3 Å². The number of hydrogen-bond acceptors (Lipinski definition) is 4. The minimum absolute atomic E-state index is 0.164. The van der Waals surface area contributed by atoms with Crippen molar-refractivity contribution < 1.29 is 19.0 Å². The Hall–Kier alpha value is -2.75. The van der Waals surface area contributed by atoms with E-state index >= 15 is 0 Å². The van der Waals surface area contributed by atoms with E-state index in [1.54, 1.807) is 6.07 Å². The Morgan fingerprint density at radius 1 is 0.913 bits per heavy atom. The molecule has 0 bridgehead atoms. The molecule has 0 amide bonds. The fourth-order valence-corrected chi connectivity index (χ4v) is 2.06. The van der Waals surface area contributed by atoms with E-state index in [0.717, 1.165) is 11.1 Å². The van der Waals surface area contributed by atoms with Gasteiger partial charge in [0.15, 0.2) is 0 Å². The van der Waals surface area contributed by atoms with Gasteiger partial charge in [-0.3, -0.25) is 0 Å². The van der Waals surface area contributed by atoms with Gasteiger partial charge in [0.1, 0.15) is 11.8 Å². The van der Waals surface area contributed by atoms with Crippen molar-refractivity contribution in [3.8, 4) is 16.9 Å². The zero-order valence-electron chi connectivity index (χ0n) is 13.3. The van der Waals surface area contributed by atoms with E-state index in [4.69, 9.17) is 14.2 Å². The smallest absolute Gasteiger partial charge is 0.343 e. The Balaban J connectivity index is 2.20. The van der Waals surface area contributed by atoms with Crippen molar-refractivity contribution in [3.05, 3.63) is 66.6 Å². The van der Waals surface area contributed by atoms with Crippen LogP contribution in [0.4, 0.5) is 0 Å². The van der Waals surface area contributed by atoms with E-state index in [2.05, 4.69) is 0 Å². The zero-order chi connectivity index (χ0) is 16.5. The molecule has 23 heavy (non-hydrogen) atoms. The van der Waals surface area contributed by atoms with Crippen LogP contribution < -0.4 is 4.74 Å². The first-order chi connectivity index (χ1) is 11.2. The summed E-state index contributed by atoms with van der Waals surface area (Å²) < 4.78 is 15.9. The van der Waals surface area contributed by atoms with Crippen LogP contribution in [0, 0.1) is 0 Å². The fourth-order valence-electron chi connectivity index (χ4n) is 2.06. The molecule has 0 saturated carbocycles. The topological polar surface area (TPSA) is 44.8 Å². The van der Waals surface area contributed by atoms with Crippen molar-refractivity contribution in [1.29, 1.82) is 0 Å². The van der Waals surface area contributed by atoms with Gasteiger partial charge in [0.05, 0.1) is 13.2 Å². The monoisotopic (exact) mass is 312 g/mol. The number of para-hydroxylation sites is 1. The standard InChI is InChI=1S/C19H20O4/c1-3-21-19(22-4-2)14-18(20)23-17-13-9-8-12-16(17)15-10-6-5-7-11-15/h5-14H,3-4H2,1-2H3. The Morgan fingerprint density at radius 3 is 2.17 bits per heavy atom. The SMILES string of the molecule is CCOC(=CC(=O)Oc1ccccc1-c1ccccc1)OCC. The molecule has 0 saturated heterocycles. The Morgan fingerprint density at radius 2 is 1.52 bits per heavy atom. The second-order valence-corrected chi connectivity index (χ2v) is 4.61. The molecule has 0 fully saturated rings. The van der Waals surface area contributed by atoms with Crippen LogP contribution in [0.25, 0.3) is 11.1 Å². The number of esters is 1. The van der Waals surface area contributed by atoms with Crippen molar-refractivity contribution in [2.24, 2.45) is 0 Å². The summed E-state index contributed by atoms with van der Waals surface area (Å²) in [5.41, 5.74) is 1.83. The molecule has 0 heterocycles. The molecule has 0 aliphatic rings. The van der Waals surface area contributed by atoms with Crippen molar-refractivity contribution >= 4 is 5.97 Å². The van der Waals surface area contributed by atoms with Crippen LogP contribution in [0.5, 0.6) is 5.75 Å². The maximum atomic E-state index is 12.1. The van der Waals surface area contributed by atoms with Crippen LogP contribution in [0.1, 0.15) is 13.8 Å². The van der Waals surface area contributed by atoms with Gasteiger partial charge >= 0.3 is 5.97 Å².